The van der Waals surface area contributed by atoms with E-state index in [1.54, 1.807) is 6.07 Å². The van der Waals surface area contributed by atoms with Gasteiger partial charge < -0.3 is 5.11 Å². The molecule has 0 unspecified atom stereocenters. The Hall–Kier alpha value is -0.980. The second kappa shape index (κ2) is 7.32. The lowest BCUT2D eigenvalue weighted by molar-refractivity contribution is 0.323. The fourth-order valence-corrected chi connectivity index (χ4v) is 1.94. The number of aromatic hydroxyl groups is 1. The van der Waals surface area contributed by atoms with Crippen LogP contribution in [0.1, 0.15) is 53.0 Å². The minimum absolute atomic E-state index is 0.285. The third-order valence-corrected chi connectivity index (χ3v) is 2.59. The van der Waals surface area contributed by atoms with Crippen molar-refractivity contribution >= 4 is 0 Å². The van der Waals surface area contributed by atoms with Crippen LogP contribution in [0, 0.1) is 5.41 Å². The summed E-state index contributed by atoms with van der Waals surface area (Å²) in [5.74, 6) is 0.427. The van der Waals surface area contributed by atoms with Crippen LogP contribution >= 0.6 is 0 Å². The molecular formula is C15H26O. The largest absolute Gasteiger partial charge is 0.508 e. The molecule has 0 saturated carbocycles. The molecule has 0 radical (unpaired) electrons. The molecule has 0 aliphatic rings. The molecule has 0 aliphatic carbocycles. The summed E-state index contributed by atoms with van der Waals surface area (Å²) >= 11 is 0. The third kappa shape index (κ3) is 5.20. The maximum atomic E-state index is 9.64. The van der Waals surface area contributed by atoms with Crippen molar-refractivity contribution in [2.75, 3.05) is 0 Å². The van der Waals surface area contributed by atoms with Crippen LogP contribution in [0.25, 0.3) is 0 Å². The van der Waals surface area contributed by atoms with Crippen LogP contribution in [0.2, 0.25) is 0 Å². The highest BCUT2D eigenvalue weighted by Crippen LogP contribution is 2.30. The van der Waals surface area contributed by atoms with Crippen molar-refractivity contribution < 1.29 is 5.11 Å². The molecule has 1 N–H and O–H groups in total. The van der Waals surface area contributed by atoms with Gasteiger partial charge in [0, 0.05) is 0 Å². The van der Waals surface area contributed by atoms with Crippen LogP contribution in [0.4, 0.5) is 0 Å². The molecule has 0 fully saturated rings. The maximum absolute atomic E-state index is 9.64. The van der Waals surface area contributed by atoms with Gasteiger partial charge in [-0.2, -0.15) is 0 Å². The fraction of sp³-hybridized carbons (Fsp3) is 0.600. The Kier molecular flexibility index (Phi) is 6.87. The molecule has 16 heavy (non-hydrogen) atoms. The summed E-state index contributed by atoms with van der Waals surface area (Å²) < 4.78 is 0. The Morgan fingerprint density at radius 1 is 1.12 bits per heavy atom. The van der Waals surface area contributed by atoms with Gasteiger partial charge in [-0.15, -0.1) is 0 Å². The summed E-state index contributed by atoms with van der Waals surface area (Å²) in [6.07, 6.45) is 3.34. The molecule has 0 saturated heterocycles. The van der Waals surface area contributed by atoms with Gasteiger partial charge in [0.25, 0.3) is 0 Å². The Balaban J connectivity index is 0.00000106. The molecule has 92 valence electrons. The van der Waals surface area contributed by atoms with Crippen molar-refractivity contribution in [1.29, 1.82) is 0 Å². The van der Waals surface area contributed by atoms with Gasteiger partial charge in [0.1, 0.15) is 5.75 Å². The number of phenols is 1. The summed E-state index contributed by atoms with van der Waals surface area (Å²) in [6, 6.07) is 7.62. The molecule has 0 aliphatic heterocycles. The van der Waals surface area contributed by atoms with Gasteiger partial charge in [-0.1, -0.05) is 59.2 Å². The lowest BCUT2D eigenvalue weighted by atomic mass is 9.81. The van der Waals surface area contributed by atoms with Crippen LogP contribution < -0.4 is 0 Å². The van der Waals surface area contributed by atoms with E-state index in [9.17, 15) is 5.11 Å². The lowest BCUT2D eigenvalue weighted by Gasteiger charge is -2.24. The van der Waals surface area contributed by atoms with Crippen LogP contribution in [-0.4, -0.2) is 5.11 Å². The van der Waals surface area contributed by atoms with Crippen LogP contribution in [-0.2, 0) is 6.42 Å². The van der Waals surface area contributed by atoms with E-state index in [1.165, 1.54) is 12.8 Å². The molecule has 1 nitrogen and oxygen atoms in total. The number of hydrogen-bond acceptors (Lipinski definition) is 1. The molecule has 0 bridgehead atoms. The summed E-state index contributed by atoms with van der Waals surface area (Å²) in [5, 5.41) is 9.64. The van der Waals surface area contributed by atoms with E-state index in [0.717, 1.165) is 12.0 Å². The maximum Gasteiger partial charge on any atom is 0.118 e. The highest BCUT2D eigenvalue weighted by molar-refractivity contribution is 5.32. The van der Waals surface area contributed by atoms with Crippen molar-refractivity contribution in [3.63, 3.8) is 0 Å². The minimum atomic E-state index is 0.285. The first-order valence-electron chi connectivity index (χ1n) is 6.32. The molecule has 0 heterocycles. The molecular weight excluding hydrogens is 196 g/mol. The van der Waals surface area contributed by atoms with E-state index in [1.807, 2.05) is 32.0 Å². The van der Waals surface area contributed by atoms with Crippen LogP contribution in [0.3, 0.4) is 0 Å². The van der Waals surface area contributed by atoms with E-state index in [4.69, 9.17) is 0 Å². The predicted molar refractivity (Wildman–Crippen MR) is 71.8 cm³/mol. The third-order valence-electron chi connectivity index (χ3n) is 2.59. The second-order valence-corrected chi connectivity index (χ2v) is 4.72. The summed E-state index contributed by atoms with van der Waals surface area (Å²) in [7, 11) is 0. The zero-order valence-electron chi connectivity index (χ0n) is 11.4. The van der Waals surface area contributed by atoms with Gasteiger partial charge in [0.2, 0.25) is 0 Å². The first kappa shape index (κ1) is 15.0. The van der Waals surface area contributed by atoms with E-state index in [-0.39, 0.29) is 5.41 Å². The molecule has 1 rings (SSSR count). The first-order valence-corrected chi connectivity index (χ1v) is 6.32. The molecule has 0 spiro atoms. The number of benzene rings is 1. The highest BCUT2D eigenvalue weighted by Gasteiger charge is 2.18. The standard InChI is InChI=1S/C13H20O.C2H6/c1-4-9-13(2,3)10-11-7-5-6-8-12(11)14;1-2/h5-8,14H,4,9-10H2,1-3H3;1-2H3. The van der Waals surface area contributed by atoms with Crippen molar-refractivity contribution in [1.82, 2.24) is 0 Å². The zero-order chi connectivity index (χ0) is 12.6. The summed E-state index contributed by atoms with van der Waals surface area (Å²) in [5.41, 5.74) is 1.35. The fourth-order valence-electron chi connectivity index (χ4n) is 1.94. The molecule has 0 amide bonds. The van der Waals surface area contributed by atoms with E-state index >= 15 is 0 Å². The average molecular weight is 222 g/mol. The van der Waals surface area contributed by atoms with Crippen LogP contribution in [0.5, 0.6) is 5.75 Å². The number of para-hydroxylation sites is 1. The van der Waals surface area contributed by atoms with Gasteiger partial charge in [-0.05, 0) is 29.9 Å². The van der Waals surface area contributed by atoms with Gasteiger partial charge in [0.15, 0.2) is 0 Å². The van der Waals surface area contributed by atoms with Gasteiger partial charge in [-0.3, -0.25) is 0 Å². The minimum Gasteiger partial charge on any atom is -0.508 e. The molecule has 0 atom stereocenters. The molecule has 1 heteroatoms. The van der Waals surface area contributed by atoms with E-state index in [2.05, 4.69) is 20.8 Å². The number of rotatable bonds is 4. The number of phenolic OH excluding ortho intramolecular Hbond substituents is 1. The normalized spacial score (nSPS) is 10.6. The van der Waals surface area contributed by atoms with Crippen LogP contribution in [0.15, 0.2) is 24.3 Å². The monoisotopic (exact) mass is 222 g/mol. The zero-order valence-corrected chi connectivity index (χ0v) is 11.4. The second-order valence-electron chi connectivity index (χ2n) is 4.72. The average Bonchev–Trinajstić information content (AvgIpc) is 2.24. The molecule has 1 aromatic rings. The SMILES string of the molecule is CC.CCCC(C)(C)Cc1ccccc1O. The Morgan fingerprint density at radius 2 is 1.69 bits per heavy atom. The Labute approximate surface area is 101 Å². The summed E-state index contributed by atoms with van der Waals surface area (Å²) in [4.78, 5) is 0. The predicted octanol–water partition coefficient (Wildman–Crippen LogP) is 4.79. The van der Waals surface area contributed by atoms with E-state index in [0.29, 0.717) is 5.75 Å². The highest BCUT2D eigenvalue weighted by atomic mass is 16.3. The lowest BCUT2D eigenvalue weighted by Crippen LogP contribution is -2.14. The van der Waals surface area contributed by atoms with Crippen molar-refractivity contribution in [3.05, 3.63) is 29.8 Å². The molecule has 1 aromatic carbocycles. The van der Waals surface area contributed by atoms with Crippen molar-refractivity contribution in [3.8, 4) is 5.75 Å². The topological polar surface area (TPSA) is 20.2 Å². The Bertz CT molecular complexity index is 289. The number of hydrogen-bond donors (Lipinski definition) is 1. The van der Waals surface area contributed by atoms with E-state index < -0.39 is 0 Å². The quantitative estimate of drug-likeness (QED) is 0.776. The first-order chi connectivity index (χ1) is 7.55. The van der Waals surface area contributed by atoms with Gasteiger partial charge in [0.05, 0.1) is 0 Å². The Morgan fingerprint density at radius 3 is 2.19 bits per heavy atom. The smallest absolute Gasteiger partial charge is 0.118 e. The van der Waals surface area contributed by atoms with Gasteiger partial charge >= 0.3 is 0 Å². The van der Waals surface area contributed by atoms with Gasteiger partial charge in [-0.25, -0.2) is 0 Å². The van der Waals surface area contributed by atoms with Crippen molar-refractivity contribution in [2.45, 2.75) is 53.9 Å². The van der Waals surface area contributed by atoms with Crippen molar-refractivity contribution in [2.24, 2.45) is 5.41 Å². The molecule has 0 aromatic heterocycles. The summed E-state index contributed by atoms with van der Waals surface area (Å²) in [6.45, 7) is 10.7.